The van der Waals surface area contributed by atoms with Crippen LogP contribution in [0.5, 0.6) is 0 Å². The number of aromatic nitrogens is 4. The van der Waals surface area contributed by atoms with Crippen molar-refractivity contribution in [1.29, 1.82) is 0 Å². The van der Waals surface area contributed by atoms with Crippen molar-refractivity contribution in [2.75, 3.05) is 25.6 Å². The van der Waals surface area contributed by atoms with E-state index >= 15 is 0 Å². The van der Waals surface area contributed by atoms with Crippen molar-refractivity contribution < 1.29 is 0 Å². The summed E-state index contributed by atoms with van der Waals surface area (Å²) in [5, 5.41) is 12.4. The van der Waals surface area contributed by atoms with Gasteiger partial charge in [0.05, 0.1) is 12.1 Å². The van der Waals surface area contributed by atoms with Gasteiger partial charge in [-0.2, -0.15) is 11.8 Å². The summed E-state index contributed by atoms with van der Waals surface area (Å²) >= 11 is 1.88. The van der Waals surface area contributed by atoms with Crippen LogP contribution in [-0.2, 0) is 0 Å². The Kier molecular flexibility index (Phi) is 5.63. The van der Waals surface area contributed by atoms with E-state index in [9.17, 15) is 0 Å². The van der Waals surface area contributed by atoms with Gasteiger partial charge in [0, 0.05) is 12.3 Å². The molecule has 6 heteroatoms. The first kappa shape index (κ1) is 14.8. The lowest BCUT2D eigenvalue weighted by Crippen LogP contribution is -2.29. The molecule has 1 saturated carbocycles. The molecule has 0 aliphatic heterocycles. The van der Waals surface area contributed by atoms with Crippen LogP contribution in [0.3, 0.4) is 0 Å². The minimum Gasteiger partial charge on any atom is -0.296 e. The summed E-state index contributed by atoms with van der Waals surface area (Å²) < 4.78 is 2.08. The second-order valence-corrected chi connectivity index (χ2v) is 6.41. The zero-order valence-corrected chi connectivity index (χ0v) is 13.1. The minimum atomic E-state index is 0.282. The maximum absolute atomic E-state index is 4.27. The second-order valence-electron chi connectivity index (χ2n) is 5.42. The van der Waals surface area contributed by atoms with Gasteiger partial charge in [-0.3, -0.25) is 4.90 Å². The van der Waals surface area contributed by atoms with Gasteiger partial charge in [0.25, 0.3) is 0 Å². The lowest BCUT2D eigenvalue weighted by atomic mass is 9.95. The van der Waals surface area contributed by atoms with E-state index in [2.05, 4.69) is 45.3 Å². The van der Waals surface area contributed by atoms with Gasteiger partial charge in [-0.1, -0.05) is 19.3 Å². The summed E-state index contributed by atoms with van der Waals surface area (Å²) in [6, 6.07) is 0.791. The van der Waals surface area contributed by atoms with Crippen molar-refractivity contribution in [2.24, 2.45) is 0 Å². The first-order valence-electron chi connectivity index (χ1n) is 7.21. The fourth-order valence-corrected chi connectivity index (χ4v) is 3.16. The zero-order chi connectivity index (χ0) is 13.7. The average Bonchev–Trinajstić information content (AvgIpc) is 2.94. The average molecular weight is 283 g/mol. The molecule has 1 aliphatic carbocycles. The van der Waals surface area contributed by atoms with Gasteiger partial charge in [0.15, 0.2) is 5.82 Å². The van der Waals surface area contributed by atoms with E-state index in [-0.39, 0.29) is 6.04 Å². The normalized spacial score (nSPS) is 18.9. The number of rotatable bonds is 6. The minimum absolute atomic E-state index is 0.282. The summed E-state index contributed by atoms with van der Waals surface area (Å²) in [7, 11) is 2.15. The number of hydrogen-bond donors (Lipinski definition) is 0. The quantitative estimate of drug-likeness (QED) is 0.803. The van der Waals surface area contributed by atoms with E-state index in [1.165, 1.54) is 32.1 Å². The molecule has 0 spiro atoms. The third-order valence-electron chi connectivity index (χ3n) is 4.12. The van der Waals surface area contributed by atoms with Gasteiger partial charge in [0.1, 0.15) is 0 Å². The highest BCUT2D eigenvalue weighted by atomic mass is 32.2. The fraction of sp³-hybridized carbons (Fsp3) is 0.923. The molecule has 0 N–H and O–H groups in total. The Hall–Kier alpha value is -0.620. The highest BCUT2D eigenvalue weighted by Crippen LogP contribution is 2.29. The van der Waals surface area contributed by atoms with Crippen LogP contribution in [0.1, 0.15) is 56.9 Å². The Morgan fingerprint density at radius 1 is 1.37 bits per heavy atom. The fourth-order valence-electron chi connectivity index (χ4n) is 2.69. The molecule has 1 aromatic heterocycles. The largest absolute Gasteiger partial charge is 0.296 e. The van der Waals surface area contributed by atoms with Crippen LogP contribution < -0.4 is 0 Å². The Balaban J connectivity index is 2.05. The predicted molar refractivity (Wildman–Crippen MR) is 79.4 cm³/mol. The third kappa shape index (κ3) is 3.69. The molecule has 0 aromatic carbocycles. The van der Waals surface area contributed by atoms with E-state index < -0.39 is 0 Å². The van der Waals surface area contributed by atoms with Crippen molar-refractivity contribution in [1.82, 2.24) is 25.1 Å². The standard InChI is InChI=1S/C13H25N5S/c1-11(17(2)9-10-19-3)13-14-15-16-18(13)12-7-5-4-6-8-12/h11-12H,4-10H2,1-3H3/t11-/m1/s1. The highest BCUT2D eigenvalue weighted by molar-refractivity contribution is 7.98. The van der Waals surface area contributed by atoms with Crippen molar-refractivity contribution in [2.45, 2.75) is 51.1 Å². The SMILES string of the molecule is CSCCN(C)[C@H](C)c1nnnn1C1CCCCC1. The van der Waals surface area contributed by atoms with Crippen LogP contribution in [0.25, 0.3) is 0 Å². The van der Waals surface area contributed by atoms with Gasteiger partial charge in [-0.25, -0.2) is 4.68 Å². The Bertz CT molecular complexity index is 375. The lowest BCUT2D eigenvalue weighted by molar-refractivity contribution is 0.240. The van der Waals surface area contributed by atoms with E-state index in [1.807, 2.05) is 11.8 Å². The molecule has 0 unspecified atom stereocenters. The smallest absolute Gasteiger partial charge is 0.168 e. The lowest BCUT2D eigenvalue weighted by Gasteiger charge is -2.27. The summed E-state index contributed by atoms with van der Waals surface area (Å²) in [6.07, 6.45) is 8.56. The summed E-state index contributed by atoms with van der Waals surface area (Å²) in [6.45, 7) is 3.27. The second kappa shape index (κ2) is 7.24. The van der Waals surface area contributed by atoms with Gasteiger partial charge in [-0.15, -0.1) is 5.10 Å². The summed E-state index contributed by atoms with van der Waals surface area (Å²) in [5.74, 6) is 2.17. The van der Waals surface area contributed by atoms with E-state index in [0.29, 0.717) is 6.04 Å². The first-order valence-corrected chi connectivity index (χ1v) is 8.60. The van der Waals surface area contributed by atoms with E-state index in [4.69, 9.17) is 0 Å². The van der Waals surface area contributed by atoms with E-state index in [1.54, 1.807) is 0 Å². The van der Waals surface area contributed by atoms with Crippen LogP contribution in [0.4, 0.5) is 0 Å². The third-order valence-corrected chi connectivity index (χ3v) is 4.71. The molecule has 108 valence electrons. The number of tetrazole rings is 1. The maximum Gasteiger partial charge on any atom is 0.168 e. The Labute approximate surface area is 120 Å². The van der Waals surface area contributed by atoms with Gasteiger partial charge in [0.2, 0.25) is 0 Å². The van der Waals surface area contributed by atoms with Crippen LogP contribution >= 0.6 is 11.8 Å². The zero-order valence-electron chi connectivity index (χ0n) is 12.2. The molecule has 0 bridgehead atoms. The Morgan fingerprint density at radius 2 is 2.11 bits per heavy atom. The predicted octanol–water partition coefficient (Wildman–Crippen LogP) is 2.53. The van der Waals surface area contributed by atoms with Crippen molar-refractivity contribution in [3.8, 4) is 0 Å². The monoisotopic (exact) mass is 283 g/mol. The molecule has 2 rings (SSSR count). The molecule has 1 heterocycles. The van der Waals surface area contributed by atoms with Crippen molar-refractivity contribution in [3.63, 3.8) is 0 Å². The molecule has 0 radical (unpaired) electrons. The number of thioether (sulfide) groups is 1. The molecular formula is C13H25N5S. The van der Waals surface area contributed by atoms with Gasteiger partial charge in [-0.05, 0) is 43.5 Å². The highest BCUT2D eigenvalue weighted by Gasteiger charge is 2.24. The topological polar surface area (TPSA) is 46.8 Å². The first-order chi connectivity index (χ1) is 9.24. The van der Waals surface area contributed by atoms with Gasteiger partial charge < -0.3 is 0 Å². The Morgan fingerprint density at radius 3 is 2.79 bits per heavy atom. The number of nitrogens with zero attached hydrogens (tertiary/aromatic N) is 5. The molecule has 1 atom stereocenters. The summed E-state index contributed by atoms with van der Waals surface area (Å²) in [4.78, 5) is 2.33. The number of hydrogen-bond acceptors (Lipinski definition) is 5. The summed E-state index contributed by atoms with van der Waals surface area (Å²) in [5.41, 5.74) is 0. The maximum atomic E-state index is 4.27. The van der Waals surface area contributed by atoms with Crippen LogP contribution in [0.2, 0.25) is 0 Å². The molecule has 1 fully saturated rings. The molecule has 1 aliphatic rings. The van der Waals surface area contributed by atoms with Crippen molar-refractivity contribution >= 4 is 11.8 Å². The molecule has 0 saturated heterocycles. The van der Waals surface area contributed by atoms with Crippen LogP contribution in [-0.4, -0.2) is 50.7 Å². The molecular weight excluding hydrogens is 258 g/mol. The molecule has 1 aromatic rings. The van der Waals surface area contributed by atoms with E-state index in [0.717, 1.165) is 18.1 Å². The van der Waals surface area contributed by atoms with Gasteiger partial charge >= 0.3 is 0 Å². The molecule has 19 heavy (non-hydrogen) atoms. The van der Waals surface area contributed by atoms with Crippen LogP contribution in [0, 0.1) is 0 Å². The van der Waals surface area contributed by atoms with Crippen LogP contribution in [0.15, 0.2) is 0 Å². The molecule has 5 nitrogen and oxygen atoms in total. The van der Waals surface area contributed by atoms with Crippen molar-refractivity contribution in [3.05, 3.63) is 5.82 Å². The molecule has 0 amide bonds.